The first-order valence-corrected chi connectivity index (χ1v) is 4.15. The van der Waals surface area contributed by atoms with Gasteiger partial charge in [-0.3, -0.25) is 0 Å². The summed E-state index contributed by atoms with van der Waals surface area (Å²) in [6.07, 6.45) is 2.16. The van der Waals surface area contributed by atoms with Gasteiger partial charge in [0.2, 0.25) is 0 Å². The summed E-state index contributed by atoms with van der Waals surface area (Å²) in [6.45, 7) is 3.03. The molecular formula is C10H12OV. The first-order valence-electron chi connectivity index (χ1n) is 4.15. The standard InChI is InChI=1S/C10H12O.V/c1-2-8-4-3-5-9-6-7-11-10(8)9;/h3-5H,2,6-7H2,1H3;. The fraction of sp³-hybridized carbons (Fsp3) is 0.400. The molecule has 0 bridgehead atoms. The molecule has 0 amide bonds. The minimum atomic E-state index is 0. The number of benzene rings is 1. The summed E-state index contributed by atoms with van der Waals surface area (Å²) in [4.78, 5) is 0. The molecule has 1 aliphatic heterocycles. The average molecular weight is 199 g/mol. The predicted octanol–water partition coefficient (Wildman–Crippen LogP) is 2.18. The van der Waals surface area contributed by atoms with Crippen LogP contribution in [0.15, 0.2) is 18.2 Å². The van der Waals surface area contributed by atoms with E-state index in [0.29, 0.717) is 0 Å². The second-order valence-electron chi connectivity index (χ2n) is 2.86. The quantitative estimate of drug-likeness (QED) is 0.673. The van der Waals surface area contributed by atoms with Crippen LogP contribution in [-0.2, 0) is 31.4 Å². The topological polar surface area (TPSA) is 9.23 Å². The summed E-state index contributed by atoms with van der Waals surface area (Å²) >= 11 is 0. The third kappa shape index (κ3) is 1.52. The minimum absolute atomic E-state index is 0. The van der Waals surface area contributed by atoms with Gasteiger partial charge in [-0.05, 0) is 17.5 Å². The molecular weight excluding hydrogens is 187 g/mol. The summed E-state index contributed by atoms with van der Waals surface area (Å²) in [5, 5.41) is 0. The summed E-state index contributed by atoms with van der Waals surface area (Å²) in [5.74, 6) is 1.15. The van der Waals surface area contributed by atoms with Gasteiger partial charge in [0, 0.05) is 25.0 Å². The first-order chi connectivity index (χ1) is 5.42. The van der Waals surface area contributed by atoms with Crippen molar-refractivity contribution in [3.05, 3.63) is 29.3 Å². The zero-order valence-corrected chi connectivity index (χ0v) is 8.61. The SMILES string of the molecule is CCc1cccc2c1OCC2.[V]. The van der Waals surface area contributed by atoms with Crippen LogP contribution >= 0.6 is 0 Å². The monoisotopic (exact) mass is 199 g/mol. The van der Waals surface area contributed by atoms with Gasteiger partial charge in [-0.25, -0.2) is 0 Å². The van der Waals surface area contributed by atoms with E-state index in [4.69, 9.17) is 4.74 Å². The molecule has 0 saturated heterocycles. The van der Waals surface area contributed by atoms with Gasteiger partial charge < -0.3 is 4.74 Å². The first kappa shape index (κ1) is 9.69. The van der Waals surface area contributed by atoms with Crippen molar-refractivity contribution in [2.75, 3.05) is 6.61 Å². The number of ether oxygens (including phenoxy) is 1. The molecule has 0 atom stereocenters. The Hall–Kier alpha value is -0.396. The molecule has 0 aliphatic carbocycles. The van der Waals surface area contributed by atoms with Gasteiger partial charge in [-0.15, -0.1) is 0 Å². The van der Waals surface area contributed by atoms with E-state index in [-0.39, 0.29) is 18.6 Å². The van der Waals surface area contributed by atoms with Gasteiger partial charge in [0.25, 0.3) is 0 Å². The summed E-state index contributed by atoms with van der Waals surface area (Å²) in [7, 11) is 0. The molecule has 1 heterocycles. The molecule has 1 radical (unpaired) electrons. The Kier molecular flexibility index (Phi) is 3.24. The van der Waals surface area contributed by atoms with Gasteiger partial charge in [-0.2, -0.15) is 0 Å². The van der Waals surface area contributed by atoms with Crippen molar-refractivity contribution in [3.8, 4) is 5.75 Å². The van der Waals surface area contributed by atoms with E-state index >= 15 is 0 Å². The average Bonchev–Trinajstić information content (AvgIpc) is 2.50. The van der Waals surface area contributed by atoms with Crippen LogP contribution in [0.1, 0.15) is 18.1 Å². The molecule has 1 aliphatic rings. The molecule has 0 aromatic heterocycles. The van der Waals surface area contributed by atoms with Crippen molar-refractivity contribution in [2.24, 2.45) is 0 Å². The third-order valence-corrected chi connectivity index (χ3v) is 2.18. The Morgan fingerprint density at radius 1 is 1.42 bits per heavy atom. The molecule has 2 heteroatoms. The number of aryl methyl sites for hydroxylation is 1. The number of hydrogen-bond acceptors (Lipinski definition) is 1. The molecule has 0 saturated carbocycles. The van der Waals surface area contributed by atoms with Crippen LogP contribution in [0.25, 0.3) is 0 Å². The second-order valence-corrected chi connectivity index (χ2v) is 2.86. The Balaban J connectivity index is 0.000000720. The van der Waals surface area contributed by atoms with Gasteiger partial charge in [0.15, 0.2) is 0 Å². The Morgan fingerprint density at radius 2 is 2.25 bits per heavy atom. The summed E-state index contributed by atoms with van der Waals surface area (Å²) in [6, 6.07) is 6.41. The molecule has 0 spiro atoms. The van der Waals surface area contributed by atoms with Crippen molar-refractivity contribution >= 4 is 0 Å². The van der Waals surface area contributed by atoms with E-state index in [9.17, 15) is 0 Å². The van der Waals surface area contributed by atoms with Crippen LogP contribution in [-0.4, -0.2) is 6.61 Å². The van der Waals surface area contributed by atoms with Gasteiger partial charge in [0.1, 0.15) is 5.75 Å². The fourth-order valence-corrected chi connectivity index (χ4v) is 1.56. The minimum Gasteiger partial charge on any atom is -0.493 e. The Labute approximate surface area is 85.0 Å². The molecule has 0 fully saturated rings. The van der Waals surface area contributed by atoms with E-state index in [2.05, 4.69) is 25.1 Å². The van der Waals surface area contributed by atoms with Crippen molar-refractivity contribution in [1.29, 1.82) is 0 Å². The zero-order chi connectivity index (χ0) is 7.68. The van der Waals surface area contributed by atoms with Crippen molar-refractivity contribution < 1.29 is 23.3 Å². The van der Waals surface area contributed by atoms with E-state index in [1.165, 1.54) is 11.1 Å². The van der Waals surface area contributed by atoms with Gasteiger partial charge in [-0.1, -0.05) is 25.1 Å². The Morgan fingerprint density at radius 3 is 3.00 bits per heavy atom. The number of fused-ring (bicyclic) bond motifs is 1. The van der Waals surface area contributed by atoms with Crippen molar-refractivity contribution in [2.45, 2.75) is 19.8 Å². The van der Waals surface area contributed by atoms with Gasteiger partial charge >= 0.3 is 0 Å². The van der Waals surface area contributed by atoms with Crippen LogP contribution in [0.5, 0.6) is 5.75 Å². The van der Waals surface area contributed by atoms with Crippen molar-refractivity contribution in [1.82, 2.24) is 0 Å². The predicted molar refractivity (Wildman–Crippen MR) is 45.0 cm³/mol. The van der Waals surface area contributed by atoms with Crippen LogP contribution < -0.4 is 4.74 Å². The molecule has 1 nitrogen and oxygen atoms in total. The van der Waals surface area contributed by atoms with Crippen molar-refractivity contribution in [3.63, 3.8) is 0 Å². The van der Waals surface area contributed by atoms with E-state index in [1.807, 2.05) is 0 Å². The van der Waals surface area contributed by atoms with E-state index < -0.39 is 0 Å². The van der Waals surface area contributed by atoms with Crippen LogP contribution in [0.2, 0.25) is 0 Å². The molecule has 1 aromatic rings. The maximum absolute atomic E-state index is 5.52. The molecule has 1 aromatic carbocycles. The molecule has 0 unspecified atom stereocenters. The fourth-order valence-electron chi connectivity index (χ4n) is 1.56. The molecule has 12 heavy (non-hydrogen) atoms. The summed E-state index contributed by atoms with van der Waals surface area (Å²) < 4.78 is 5.52. The smallest absolute Gasteiger partial charge is 0.125 e. The Bertz CT molecular complexity index is 271. The maximum Gasteiger partial charge on any atom is 0.125 e. The molecule has 63 valence electrons. The summed E-state index contributed by atoms with van der Waals surface area (Å²) in [5.41, 5.74) is 2.73. The van der Waals surface area contributed by atoms with Crippen LogP contribution in [0, 0.1) is 0 Å². The van der Waals surface area contributed by atoms with Crippen LogP contribution in [0.4, 0.5) is 0 Å². The zero-order valence-electron chi connectivity index (χ0n) is 7.21. The number of hydrogen-bond donors (Lipinski definition) is 0. The largest absolute Gasteiger partial charge is 0.493 e. The van der Waals surface area contributed by atoms with E-state index in [0.717, 1.165) is 25.2 Å². The normalized spacial score (nSPS) is 13.1. The second kappa shape index (κ2) is 4.02. The number of rotatable bonds is 1. The van der Waals surface area contributed by atoms with Crippen LogP contribution in [0.3, 0.4) is 0 Å². The maximum atomic E-state index is 5.52. The molecule has 2 rings (SSSR count). The molecule has 0 N–H and O–H groups in total. The number of para-hydroxylation sites is 1. The third-order valence-electron chi connectivity index (χ3n) is 2.18. The van der Waals surface area contributed by atoms with Gasteiger partial charge in [0.05, 0.1) is 6.61 Å². The van der Waals surface area contributed by atoms with E-state index in [1.54, 1.807) is 0 Å².